The van der Waals surface area contributed by atoms with E-state index in [0.717, 1.165) is 25.9 Å². The van der Waals surface area contributed by atoms with E-state index in [9.17, 15) is 4.79 Å². The molecule has 0 aromatic heterocycles. The molecule has 0 spiro atoms. The van der Waals surface area contributed by atoms with Crippen molar-refractivity contribution in [3.63, 3.8) is 0 Å². The quantitative estimate of drug-likeness (QED) is 0.854. The Kier molecular flexibility index (Phi) is 7.45. The van der Waals surface area contributed by atoms with Gasteiger partial charge in [-0.3, -0.25) is 4.79 Å². The summed E-state index contributed by atoms with van der Waals surface area (Å²) in [7, 11) is 5.01. The third kappa shape index (κ3) is 4.06. The molecular weight excluding hydrogens is 372 g/mol. The molecule has 2 rings (SSSR count). The number of carbonyl (C=O) groups excluding carboxylic acids is 1. The predicted octanol–water partition coefficient (Wildman–Crippen LogP) is 2.71. The van der Waals surface area contributed by atoms with Crippen LogP contribution < -0.4 is 14.8 Å². The van der Waals surface area contributed by atoms with Crippen LogP contribution in [-0.2, 0) is 0 Å². The Balaban J connectivity index is 0.00000242. The zero-order valence-electron chi connectivity index (χ0n) is 13.0. The van der Waals surface area contributed by atoms with Gasteiger partial charge in [0.2, 0.25) is 0 Å². The van der Waals surface area contributed by atoms with Crippen LogP contribution in [0.1, 0.15) is 23.2 Å². The number of hydrogen-bond donors (Lipinski definition) is 1. The van der Waals surface area contributed by atoms with E-state index in [0.29, 0.717) is 21.5 Å². The number of carbonyl (C=O) groups is 1. The number of nitrogens with one attached hydrogen (secondary N) is 1. The van der Waals surface area contributed by atoms with Crippen LogP contribution in [0.2, 0.25) is 0 Å². The molecule has 124 valence electrons. The van der Waals surface area contributed by atoms with Gasteiger partial charge in [0.05, 0.1) is 14.2 Å². The second kappa shape index (κ2) is 8.60. The van der Waals surface area contributed by atoms with Gasteiger partial charge in [-0.15, -0.1) is 12.4 Å². The lowest BCUT2D eigenvalue weighted by molar-refractivity contribution is 0.0702. The highest BCUT2D eigenvalue weighted by atomic mass is 79.9. The minimum Gasteiger partial charge on any atom is -0.495 e. The van der Waals surface area contributed by atoms with Crippen molar-refractivity contribution in [1.29, 1.82) is 0 Å². The zero-order valence-corrected chi connectivity index (χ0v) is 15.4. The number of ether oxygens (including phenoxy) is 2. The van der Waals surface area contributed by atoms with Crippen molar-refractivity contribution in [3.8, 4) is 11.5 Å². The van der Waals surface area contributed by atoms with Gasteiger partial charge in [-0.2, -0.15) is 0 Å². The molecule has 0 saturated carbocycles. The van der Waals surface area contributed by atoms with Crippen molar-refractivity contribution >= 4 is 34.2 Å². The molecule has 1 aliphatic heterocycles. The molecule has 7 heteroatoms. The molecule has 0 unspecified atom stereocenters. The van der Waals surface area contributed by atoms with Crippen molar-refractivity contribution in [2.75, 3.05) is 34.4 Å². The first kappa shape index (κ1) is 19.1. The molecule has 1 N–H and O–H groups in total. The largest absolute Gasteiger partial charge is 0.495 e. The molecule has 5 nitrogen and oxygen atoms in total. The molecule has 1 aromatic rings. The average Bonchev–Trinajstić information content (AvgIpc) is 2.54. The van der Waals surface area contributed by atoms with Crippen molar-refractivity contribution in [2.24, 2.45) is 0 Å². The van der Waals surface area contributed by atoms with Crippen LogP contribution in [0.3, 0.4) is 0 Å². The summed E-state index contributed by atoms with van der Waals surface area (Å²) in [6.45, 7) is 1.91. The van der Waals surface area contributed by atoms with Gasteiger partial charge < -0.3 is 19.7 Å². The molecule has 1 heterocycles. The summed E-state index contributed by atoms with van der Waals surface area (Å²) in [5, 5.41) is 3.31. The van der Waals surface area contributed by atoms with E-state index < -0.39 is 0 Å². The average molecular weight is 394 g/mol. The van der Waals surface area contributed by atoms with Gasteiger partial charge in [-0.05, 0) is 54.0 Å². The molecule has 1 aromatic carbocycles. The van der Waals surface area contributed by atoms with E-state index in [2.05, 4.69) is 21.2 Å². The monoisotopic (exact) mass is 392 g/mol. The van der Waals surface area contributed by atoms with Crippen molar-refractivity contribution in [2.45, 2.75) is 18.9 Å². The predicted molar refractivity (Wildman–Crippen MR) is 92.5 cm³/mol. The van der Waals surface area contributed by atoms with E-state index in [-0.39, 0.29) is 24.4 Å². The Morgan fingerprint density at radius 3 is 2.18 bits per heavy atom. The molecule has 1 fully saturated rings. The van der Waals surface area contributed by atoms with Crippen molar-refractivity contribution < 1.29 is 14.3 Å². The molecule has 1 aliphatic rings. The highest BCUT2D eigenvalue weighted by Gasteiger charge is 2.24. The Bertz CT molecular complexity index is 497. The number of benzene rings is 1. The molecular formula is C15H22BrClN2O3. The normalized spacial score (nSPS) is 14.9. The number of methoxy groups -OCH3 is 2. The smallest absolute Gasteiger partial charge is 0.254 e. The van der Waals surface area contributed by atoms with Gasteiger partial charge >= 0.3 is 0 Å². The summed E-state index contributed by atoms with van der Waals surface area (Å²) in [6, 6.07) is 3.76. The molecule has 1 amide bonds. The third-order valence-electron chi connectivity index (χ3n) is 3.87. The summed E-state index contributed by atoms with van der Waals surface area (Å²) in [4.78, 5) is 14.5. The van der Waals surface area contributed by atoms with Gasteiger partial charge in [0.1, 0.15) is 16.0 Å². The summed E-state index contributed by atoms with van der Waals surface area (Å²) in [5.41, 5.74) is 0.577. The fourth-order valence-corrected chi connectivity index (χ4v) is 3.11. The van der Waals surface area contributed by atoms with Crippen LogP contribution >= 0.6 is 28.3 Å². The van der Waals surface area contributed by atoms with E-state index >= 15 is 0 Å². The van der Waals surface area contributed by atoms with Gasteiger partial charge in [-0.1, -0.05) is 0 Å². The van der Waals surface area contributed by atoms with E-state index in [4.69, 9.17) is 9.47 Å². The fourth-order valence-electron chi connectivity index (χ4n) is 2.56. The molecule has 22 heavy (non-hydrogen) atoms. The van der Waals surface area contributed by atoms with Gasteiger partial charge in [0.15, 0.2) is 0 Å². The standard InChI is InChI=1S/C15H21BrN2O3.ClH/c1-18(11-4-6-17-7-5-11)15(19)10-8-12(20-2)14(16)13(9-10)21-3;/h8-9,11,17H,4-7H2,1-3H3;1H. The minimum absolute atomic E-state index is 0. The number of halogens is 2. The third-order valence-corrected chi connectivity index (χ3v) is 4.65. The molecule has 0 atom stereocenters. The first-order valence-corrected chi connectivity index (χ1v) is 7.77. The van der Waals surface area contributed by atoms with Crippen LogP contribution in [-0.4, -0.2) is 51.2 Å². The first-order chi connectivity index (χ1) is 10.1. The molecule has 1 saturated heterocycles. The Morgan fingerprint density at radius 1 is 1.23 bits per heavy atom. The SMILES string of the molecule is COc1cc(C(=O)N(C)C2CCNCC2)cc(OC)c1Br.Cl. The maximum absolute atomic E-state index is 12.7. The maximum atomic E-state index is 12.7. The van der Waals surface area contributed by atoms with Crippen LogP contribution in [0.4, 0.5) is 0 Å². The van der Waals surface area contributed by atoms with Crippen LogP contribution in [0.15, 0.2) is 16.6 Å². The number of hydrogen-bond acceptors (Lipinski definition) is 4. The second-order valence-corrected chi connectivity index (χ2v) is 5.88. The minimum atomic E-state index is -0.00833. The van der Waals surface area contributed by atoms with Gasteiger partial charge in [0, 0.05) is 18.7 Å². The maximum Gasteiger partial charge on any atom is 0.254 e. The number of piperidine rings is 1. The first-order valence-electron chi connectivity index (χ1n) is 6.98. The van der Waals surface area contributed by atoms with Gasteiger partial charge in [0.25, 0.3) is 5.91 Å². The van der Waals surface area contributed by atoms with Crippen LogP contribution in [0, 0.1) is 0 Å². The fraction of sp³-hybridized carbons (Fsp3) is 0.533. The highest BCUT2D eigenvalue weighted by molar-refractivity contribution is 9.10. The molecule has 0 aliphatic carbocycles. The molecule has 0 radical (unpaired) electrons. The summed E-state index contributed by atoms with van der Waals surface area (Å²) < 4.78 is 11.3. The number of rotatable bonds is 4. The summed E-state index contributed by atoms with van der Waals surface area (Å²) in [6.07, 6.45) is 1.96. The lowest BCUT2D eigenvalue weighted by Crippen LogP contribution is -2.43. The van der Waals surface area contributed by atoms with Gasteiger partial charge in [-0.25, -0.2) is 0 Å². The van der Waals surface area contributed by atoms with Crippen molar-refractivity contribution in [1.82, 2.24) is 10.2 Å². The summed E-state index contributed by atoms with van der Waals surface area (Å²) >= 11 is 3.42. The highest BCUT2D eigenvalue weighted by Crippen LogP contribution is 2.36. The van der Waals surface area contributed by atoms with E-state index in [1.165, 1.54) is 0 Å². The second-order valence-electron chi connectivity index (χ2n) is 5.09. The summed E-state index contributed by atoms with van der Waals surface area (Å²) in [5.74, 6) is 1.18. The Hall–Kier alpha value is -0.980. The lowest BCUT2D eigenvalue weighted by atomic mass is 10.0. The van der Waals surface area contributed by atoms with Crippen molar-refractivity contribution in [3.05, 3.63) is 22.2 Å². The Morgan fingerprint density at radius 2 is 1.73 bits per heavy atom. The lowest BCUT2D eigenvalue weighted by Gasteiger charge is -2.31. The topological polar surface area (TPSA) is 50.8 Å². The Labute approximate surface area is 145 Å². The van der Waals surface area contributed by atoms with E-state index in [1.54, 1.807) is 26.4 Å². The molecule has 0 bridgehead atoms. The number of amides is 1. The van der Waals surface area contributed by atoms with Crippen LogP contribution in [0.25, 0.3) is 0 Å². The zero-order chi connectivity index (χ0) is 15.4. The number of nitrogens with zero attached hydrogens (tertiary/aromatic N) is 1. The van der Waals surface area contributed by atoms with E-state index in [1.807, 2.05) is 11.9 Å². The van der Waals surface area contributed by atoms with Crippen LogP contribution in [0.5, 0.6) is 11.5 Å².